The zero-order chi connectivity index (χ0) is 39.3. The Balaban J connectivity index is 1.07. The van der Waals surface area contributed by atoms with E-state index in [1.165, 1.54) is 53.8 Å². The number of nitrogens with zero attached hydrogens (tertiary/aromatic N) is 1. The molecule has 0 spiro atoms. The van der Waals surface area contributed by atoms with E-state index in [9.17, 15) is 0 Å². The van der Waals surface area contributed by atoms with Gasteiger partial charge in [-0.05, 0) is 113 Å². The molecule has 0 radical (unpaired) electrons. The molecule has 1 nitrogen and oxygen atoms in total. The van der Waals surface area contributed by atoms with Crippen LogP contribution < -0.4 is 25.6 Å². The summed E-state index contributed by atoms with van der Waals surface area (Å²) in [4.78, 5) is 2.39. The van der Waals surface area contributed by atoms with Gasteiger partial charge in [-0.3, -0.25) is 0 Å². The van der Waals surface area contributed by atoms with Gasteiger partial charge < -0.3 is 4.90 Å². The summed E-state index contributed by atoms with van der Waals surface area (Å²) in [7, 11) is -2.86. The summed E-state index contributed by atoms with van der Waals surface area (Å²) in [5, 5.41) is 9.77. The Morgan fingerprint density at radius 3 is 1.42 bits per heavy atom. The maximum atomic E-state index is 15.3. The van der Waals surface area contributed by atoms with Crippen molar-refractivity contribution in [1.82, 2.24) is 0 Å². The summed E-state index contributed by atoms with van der Waals surface area (Å²) in [6, 6.07) is 82.0. The molecule has 0 aromatic heterocycles. The lowest BCUT2D eigenvalue weighted by Gasteiger charge is -2.31. The molecule has 11 rings (SSSR count). The zero-order valence-corrected chi connectivity index (χ0v) is 33.3. The third kappa shape index (κ3) is 5.73. The minimum absolute atomic E-state index is 0.199. The molecule has 0 N–H and O–H groups in total. The third-order valence-corrected chi connectivity index (χ3v) is 17.0. The van der Waals surface area contributed by atoms with E-state index in [0.717, 1.165) is 38.9 Å². The summed E-state index contributed by atoms with van der Waals surface area (Å²) in [6.07, 6.45) is 0. The third-order valence-electron chi connectivity index (χ3n) is 12.2. The standard InChI is InChI=1S/C56H38FNSi/c57-44-29-35-53-52-34-28-42(37-55(52)59(56(53)38-44,47-17-6-2-7-18-47)48-19-8-3-9-20-48)41-26-32-46(33-27-41)58(45-30-24-40(25-31-45)39-14-4-1-5-15-39)54-36-43-16-10-11-21-49(43)50-22-12-13-23-51(50)54/h1-38H. The predicted molar refractivity (Wildman–Crippen MR) is 250 cm³/mol. The molecule has 0 unspecified atom stereocenters. The molecule has 59 heavy (non-hydrogen) atoms. The van der Waals surface area contributed by atoms with Gasteiger partial charge in [0.25, 0.3) is 0 Å². The normalized spacial score (nSPS) is 12.6. The van der Waals surface area contributed by atoms with Gasteiger partial charge in [0.05, 0.1) is 5.69 Å². The number of benzene rings is 10. The maximum Gasteiger partial charge on any atom is 0.180 e. The first-order chi connectivity index (χ1) is 29.2. The fourth-order valence-electron chi connectivity index (χ4n) is 9.52. The van der Waals surface area contributed by atoms with E-state index in [4.69, 9.17) is 0 Å². The summed E-state index contributed by atoms with van der Waals surface area (Å²) in [5.41, 5.74) is 10.2. The van der Waals surface area contributed by atoms with Crippen LogP contribution in [0.2, 0.25) is 0 Å². The minimum atomic E-state index is -2.86. The minimum Gasteiger partial charge on any atom is -0.310 e. The second kappa shape index (κ2) is 14.2. The number of halogens is 1. The van der Waals surface area contributed by atoms with Crippen molar-refractivity contribution in [2.24, 2.45) is 0 Å². The van der Waals surface area contributed by atoms with Crippen LogP contribution >= 0.6 is 0 Å². The highest BCUT2D eigenvalue weighted by molar-refractivity contribution is 7.22. The monoisotopic (exact) mass is 771 g/mol. The van der Waals surface area contributed by atoms with Gasteiger partial charge in [-0.2, -0.15) is 0 Å². The van der Waals surface area contributed by atoms with Gasteiger partial charge in [-0.1, -0.05) is 188 Å². The molecule has 1 aliphatic rings. The smallest absolute Gasteiger partial charge is 0.180 e. The molecule has 1 heterocycles. The fraction of sp³-hybridized carbons (Fsp3) is 0. The lowest BCUT2D eigenvalue weighted by atomic mass is 9.98. The Kier molecular flexibility index (Phi) is 8.42. The number of fused-ring (bicyclic) bond motifs is 6. The second-order valence-electron chi connectivity index (χ2n) is 15.4. The largest absolute Gasteiger partial charge is 0.310 e. The van der Waals surface area contributed by atoms with Gasteiger partial charge in [0.1, 0.15) is 5.82 Å². The number of rotatable bonds is 7. The number of anilines is 3. The first-order valence-corrected chi connectivity index (χ1v) is 22.2. The Bertz CT molecular complexity index is 3100. The summed E-state index contributed by atoms with van der Waals surface area (Å²) in [5.74, 6) is -0.199. The topological polar surface area (TPSA) is 3.24 Å². The predicted octanol–water partition coefficient (Wildman–Crippen LogP) is 12.3. The van der Waals surface area contributed by atoms with Crippen molar-refractivity contribution in [2.75, 3.05) is 4.90 Å². The van der Waals surface area contributed by atoms with E-state index >= 15 is 4.39 Å². The van der Waals surface area contributed by atoms with E-state index in [1.807, 2.05) is 6.07 Å². The van der Waals surface area contributed by atoms with Crippen LogP contribution in [-0.2, 0) is 0 Å². The molecule has 0 saturated heterocycles. The molecule has 0 fully saturated rings. The maximum absolute atomic E-state index is 15.3. The van der Waals surface area contributed by atoms with E-state index in [0.29, 0.717) is 0 Å². The van der Waals surface area contributed by atoms with Crippen LogP contribution in [0.3, 0.4) is 0 Å². The molecule has 0 atom stereocenters. The molecule has 1 aliphatic heterocycles. The highest BCUT2D eigenvalue weighted by Crippen LogP contribution is 2.43. The highest BCUT2D eigenvalue weighted by Gasteiger charge is 2.49. The molecule has 10 aromatic rings. The van der Waals surface area contributed by atoms with Crippen molar-refractivity contribution in [3.63, 3.8) is 0 Å². The Morgan fingerprint density at radius 2 is 0.797 bits per heavy atom. The van der Waals surface area contributed by atoms with Gasteiger partial charge in [0, 0.05) is 16.8 Å². The molecule has 0 bridgehead atoms. The summed E-state index contributed by atoms with van der Waals surface area (Å²) in [6.45, 7) is 0. The van der Waals surface area contributed by atoms with Crippen LogP contribution in [0.5, 0.6) is 0 Å². The fourth-order valence-corrected chi connectivity index (χ4v) is 14.7. The van der Waals surface area contributed by atoms with E-state index < -0.39 is 8.07 Å². The van der Waals surface area contributed by atoms with Crippen LogP contribution in [0, 0.1) is 5.82 Å². The van der Waals surface area contributed by atoms with Crippen LogP contribution in [0.1, 0.15) is 0 Å². The molecule has 278 valence electrons. The molecule has 0 aliphatic carbocycles. The average Bonchev–Trinajstić information content (AvgIpc) is 3.60. The Morgan fingerprint density at radius 1 is 0.339 bits per heavy atom. The van der Waals surface area contributed by atoms with Gasteiger partial charge in [0.2, 0.25) is 0 Å². The van der Waals surface area contributed by atoms with Gasteiger partial charge >= 0.3 is 0 Å². The van der Waals surface area contributed by atoms with Crippen molar-refractivity contribution >= 4 is 67.4 Å². The molecule has 3 heteroatoms. The van der Waals surface area contributed by atoms with Crippen molar-refractivity contribution in [1.29, 1.82) is 0 Å². The lowest BCUT2D eigenvalue weighted by Crippen LogP contribution is -2.72. The van der Waals surface area contributed by atoms with Crippen molar-refractivity contribution in [3.05, 3.63) is 236 Å². The Labute approximate surface area is 344 Å². The van der Waals surface area contributed by atoms with Crippen LogP contribution in [-0.4, -0.2) is 8.07 Å². The molecule has 0 amide bonds. The molecular weight excluding hydrogens is 734 g/mol. The lowest BCUT2D eigenvalue weighted by molar-refractivity contribution is 0.629. The molecular formula is C56H38FNSi. The quantitative estimate of drug-likeness (QED) is 0.115. The molecule has 10 aromatic carbocycles. The first kappa shape index (κ1) is 34.9. The summed E-state index contributed by atoms with van der Waals surface area (Å²) < 4.78 is 15.3. The second-order valence-corrected chi connectivity index (χ2v) is 19.1. The first-order valence-electron chi connectivity index (χ1n) is 20.2. The van der Waals surface area contributed by atoms with E-state index in [1.54, 1.807) is 12.1 Å². The van der Waals surface area contributed by atoms with Crippen molar-refractivity contribution in [3.8, 4) is 33.4 Å². The average molecular weight is 772 g/mol. The number of hydrogen-bond donors (Lipinski definition) is 0. The Hall–Kier alpha value is -7.33. The zero-order valence-electron chi connectivity index (χ0n) is 32.3. The van der Waals surface area contributed by atoms with E-state index in [2.05, 4.69) is 217 Å². The van der Waals surface area contributed by atoms with Gasteiger partial charge in [-0.15, -0.1) is 0 Å². The van der Waals surface area contributed by atoms with Gasteiger partial charge in [-0.25, -0.2) is 4.39 Å². The van der Waals surface area contributed by atoms with Crippen LogP contribution in [0.15, 0.2) is 231 Å². The number of hydrogen-bond acceptors (Lipinski definition) is 1. The summed E-state index contributed by atoms with van der Waals surface area (Å²) >= 11 is 0. The SMILES string of the molecule is Fc1ccc2c(c1)[Si](c1ccccc1)(c1ccccc1)c1cc(-c3ccc(N(c4ccc(-c5ccccc5)cc4)c4cc5ccccc5c5ccccc45)cc3)ccc1-2. The van der Waals surface area contributed by atoms with Crippen LogP contribution in [0.25, 0.3) is 54.9 Å². The van der Waals surface area contributed by atoms with Crippen molar-refractivity contribution in [2.45, 2.75) is 0 Å². The van der Waals surface area contributed by atoms with Crippen molar-refractivity contribution < 1.29 is 4.39 Å². The van der Waals surface area contributed by atoms with Gasteiger partial charge in [0.15, 0.2) is 8.07 Å². The molecule has 0 saturated carbocycles. The highest BCUT2D eigenvalue weighted by atomic mass is 28.3. The van der Waals surface area contributed by atoms with Crippen LogP contribution in [0.4, 0.5) is 21.5 Å². The van der Waals surface area contributed by atoms with E-state index in [-0.39, 0.29) is 5.82 Å².